The molecule has 1 saturated carbocycles. The van der Waals surface area contributed by atoms with Crippen LogP contribution in [0.25, 0.3) is 0 Å². The van der Waals surface area contributed by atoms with Crippen LogP contribution < -0.4 is 4.72 Å². The highest BCUT2D eigenvalue weighted by molar-refractivity contribution is 8.15. The van der Waals surface area contributed by atoms with Gasteiger partial charge in [-0.05, 0) is 39.2 Å². The van der Waals surface area contributed by atoms with Gasteiger partial charge < -0.3 is 14.4 Å². The van der Waals surface area contributed by atoms with E-state index in [1.165, 1.54) is 11.8 Å². The summed E-state index contributed by atoms with van der Waals surface area (Å²) in [4.78, 5) is 15.5. The first kappa shape index (κ1) is 23.6. The SMILES string of the molecule is CC(C)(C)OC(=O)C1(NS(=O)(=O)C2CC=C(N3CCOCC3)S2)CC1(C)c1ccccc1. The molecule has 2 heterocycles. The predicted octanol–water partition coefficient (Wildman–Crippen LogP) is 2.98. The van der Waals surface area contributed by atoms with Gasteiger partial charge in [-0.15, -0.1) is 0 Å². The number of benzene rings is 1. The van der Waals surface area contributed by atoms with Crippen molar-refractivity contribution in [3.05, 3.63) is 47.0 Å². The first-order valence-corrected chi connectivity index (χ1v) is 13.4. The van der Waals surface area contributed by atoms with Crippen LogP contribution in [0.5, 0.6) is 0 Å². The van der Waals surface area contributed by atoms with Crippen molar-refractivity contribution in [3.63, 3.8) is 0 Å². The number of hydrogen-bond donors (Lipinski definition) is 1. The second-order valence-electron chi connectivity index (χ2n) is 9.85. The number of ether oxygens (including phenoxy) is 2. The highest BCUT2D eigenvalue weighted by Crippen LogP contribution is 2.59. The molecule has 32 heavy (non-hydrogen) atoms. The van der Waals surface area contributed by atoms with E-state index in [1.807, 2.05) is 43.3 Å². The number of thioether (sulfide) groups is 1. The lowest BCUT2D eigenvalue weighted by molar-refractivity contribution is -0.158. The highest BCUT2D eigenvalue weighted by Gasteiger charge is 2.73. The van der Waals surface area contributed by atoms with Crippen LogP contribution in [-0.4, -0.2) is 61.3 Å². The summed E-state index contributed by atoms with van der Waals surface area (Å²) in [6.45, 7) is 10.1. The molecule has 1 saturated heterocycles. The molecule has 0 radical (unpaired) electrons. The molecule has 9 heteroatoms. The van der Waals surface area contributed by atoms with Crippen LogP contribution in [0.1, 0.15) is 46.1 Å². The normalized spacial score (nSPS) is 30.7. The summed E-state index contributed by atoms with van der Waals surface area (Å²) < 4.78 is 40.2. The summed E-state index contributed by atoms with van der Waals surface area (Å²) in [7, 11) is -3.80. The van der Waals surface area contributed by atoms with Crippen LogP contribution in [0.15, 0.2) is 41.4 Å². The minimum atomic E-state index is -3.80. The highest BCUT2D eigenvalue weighted by atomic mass is 32.3. The maximum atomic E-state index is 13.5. The van der Waals surface area contributed by atoms with Gasteiger partial charge in [0.15, 0.2) is 0 Å². The van der Waals surface area contributed by atoms with E-state index in [1.54, 1.807) is 20.8 Å². The molecule has 3 unspecified atom stereocenters. The molecule has 4 rings (SSSR count). The van der Waals surface area contributed by atoms with Gasteiger partial charge >= 0.3 is 5.97 Å². The third kappa shape index (κ3) is 4.44. The van der Waals surface area contributed by atoms with Crippen LogP contribution in [0.2, 0.25) is 0 Å². The standard InChI is InChI=1S/C23H32N2O5S2/c1-21(2,3)30-20(26)23(16-22(23,4)17-8-6-5-7-9-17)24-32(27,28)19-11-10-18(31-19)25-12-14-29-15-13-25/h5-10,19,24H,11-16H2,1-4H3. The molecule has 0 amide bonds. The Kier molecular flexibility index (Phi) is 6.15. The third-order valence-electron chi connectivity index (χ3n) is 6.32. The largest absolute Gasteiger partial charge is 0.459 e. The molecule has 1 aromatic rings. The van der Waals surface area contributed by atoms with Crippen molar-refractivity contribution in [2.45, 2.75) is 61.7 Å². The number of nitrogens with zero attached hydrogens (tertiary/aromatic N) is 1. The minimum Gasteiger partial charge on any atom is -0.459 e. The lowest BCUT2D eigenvalue weighted by Gasteiger charge is -2.30. The average Bonchev–Trinajstić information content (AvgIpc) is 3.11. The minimum absolute atomic E-state index is 0.360. The third-order valence-corrected chi connectivity index (χ3v) is 10.0. The summed E-state index contributed by atoms with van der Waals surface area (Å²) in [6.07, 6.45) is 2.74. The molecule has 2 aliphatic heterocycles. The second-order valence-corrected chi connectivity index (χ2v) is 13.2. The first-order valence-electron chi connectivity index (χ1n) is 11.0. The van der Waals surface area contributed by atoms with E-state index in [0.717, 1.165) is 23.7 Å². The molecule has 1 aliphatic carbocycles. The predicted molar refractivity (Wildman–Crippen MR) is 126 cm³/mol. The molecule has 176 valence electrons. The van der Waals surface area contributed by atoms with Gasteiger partial charge in [-0.1, -0.05) is 55.1 Å². The van der Waals surface area contributed by atoms with Gasteiger partial charge in [-0.3, -0.25) is 0 Å². The van der Waals surface area contributed by atoms with Gasteiger partial charge in [0.2, 0.25) is 10.0 Å². The van der Waals surface area contributed by atoms with E-state index in [9.17, 15) is 13.2 Å². The van der Waals surface area contributed by atoms with Gasteiger partial charge in [-0.25, -0.2) is 13.2 Å². The summed E-state index contributed by atoms with van der Waals surface area (Å²) >= 11 is 1.34. The van der Waals surface area contributed by atoms with Crippen molar-refractivity contribution < 1.29 is 22.7 Å². The van der Waals surface area contributed by atoms with Gasteiger partial charge in [-0.2, -0.15) is 4.72 Å². The van der Waals surface area contributed by atoms with Crippen LogP contribution in [0, 0.1) is 0 Å². The van der Waals surface area contributed by atoms with Crippen LogP contribution in [0.3, 0.4) is 0 Å². The Balaban J connectivity index is 1.56. The zero-order chi connectivity index (χ0) is 23.2. The molecule has 0 spiro atoms. The fourth-order valence-corrected chi connectivity index (χ4v) is 7.69. The molecule has 2 fully saturated rings. The topological polar surface area (TPSA) is 84.9 Å². The number of rotatable bonds is 6. The number of morpholine rings is 1. The number of allylic oxidation sites excluding steroid dienone is 1. The maximum Gasteiger partial charge on any atom is 0.328 e. The summed E-state index contributed by atoms with van der Waals surface area (Å²) in [6, 6.07) is 9.57. The van der Waals surface area contributed by atoms with Crippen molar-refractivity contribution >= 4 is 27.8 Å². The van der Waals surface area contributed by atoms with E-state index in [2.05, 4.69) is 9.62 Å². The van der Waals surface area contributed by atoms with Gasteiger partial charge in [0.1, 0.15) is 15.7 Å². The summed E-state index contributed by atoms with van der Waals surface area (Å²) in [5.74, 6) is -0.524. The molecular weight excluding hydrogens is 448 g/mol. The van der Waals surface area contributed by atoms with Crippen LogP contribution in [-0.2, 0) is 29.7 Å². The van der Waals surface area contributed by atoms with E-state index < -0.39 is 37.1 Å². The summed E-state index contributed by atoms with van der Waals surface area (Å²) in [5, 5.41) is 0.969. The number of esters is 1. The second kappa shape index (κ2) is 8.34. The van der Waals surface area contributed by atoms with Crippen molar-refractivity contribution in [1.29, 1.82) is 0 Å². The van der Waals surface area contributed by atoms with E-state index in [0.29, 0.717) is 26.1 Å². The Morgan fingerprint density at radius 3 is 2.50 bits per heavy atom. The molecular formula is C23H32N2O5S2. The van der Waals surface area contributed by atoms with Crippen molar-refractivity contribution in [1.82, 2.24) is 9.62 Å². The lowest BCUT2D eigenvalue weighted by atomic mass is 9.93. The van der Waals surface area contributed by atoms with Crippen molar-refractivity contribution in [2.24, 2.45) is 0 Å². The number of carbonyl (C=O) groups is 1. The quantitative estimate of drug-likeness (QED) is 0.627. The average molecular weight is 481 g/mol. The Hall–Kier alpha value is -1.55. The molecule has 7 nitrogen and oxygen atoms in total. The Bertz CT molecular complexity index is 999. The van der Waals surface area contributed by atoms with Crippen molar-refractivity contribution in [3.8, 4) is 0 Å². The Morgan fingerprint density at radius 1 is 1.22 bits per heavy atom. The zero-order valence-corrected chi connectivity index (χ0v) is 20.7. The smallest absolute Gasteiger partial charge is 0.328 e. The van der Waals surface area contributed by atoms with E-state index in [-0.39, 0.29) is 0 Å². The van der Waals surface area contributed by atoms with Gasteiger partial charge in [0.25, 0.3) is 0 Å². The van der Waals surface area contributed by atoms with Gasteiger partial charge in [0.05, 0.1) is 18.2 Å². The van der Waals surface area contributed by atoms with Crippen molar-refractivity contribution in [2.75, 3.05) is 26.3 Å². The Labute approximate surface area is 195 Å². The Morgan fingerprint density at radius 2 is 1.88 bits per heavy atom. The van der Waals surface area contributed by atoms with E-state index >= 15 is 0 Å². The maximum absolute atomic E-state index is 13.5. The zero-order valence-electron chi connectivity index (χ0n) is 19.1. The fourth-order valence-electron chi connectivity index (χ4n) is 4.41. The lowest BCUT2D eigenvalue weighted by Crippen LogP contribution is -2.52. The molecule has 0 bridgehead atoms. The molecule has 3 aliphatic rings. The van der Waals surface area contributed by atoms with Crippen LogP contribution in [0.4, 0.5) is 0 Å². The molecule has 0 aromatic heterocycles. The molecule has 3 atom stereocenters. The number of hydrogen-bond acceptors (Lipinski definition) is 7. The van der Waals surface area contributed by atoms with E-state index in [4.69, 9.17) is 9.47 Å². The first-order chi connectivity index (χ1) is 15.0. The summed E-state index contributed by atoms with van der Waals surface area (Å²) in [5.41, 5.74) is -1.79. The number of nitrogens with one attached hydrogen (secondary N) is 1. The monoisotopic (exact) mass is 480 g/mol. The number of carbonyl (C=O) groups excluding carboxylic acids is 1. The van der Waals surface area contributed by atoms with Gasteiger partial charge in [0, 0.05) is 18.5 Å². The molecule has 1 aromatic carbocycles. The fraction of sp³-hybridized carbons (Fsp3) is 0.609. The van der Waals surface area contributed by atoms with Crippen LogP contribution >= 0.6 is 11.8 Å². The number of sulfonamides is 1. The molecule has 1 N–H and O–H groups in total.